The Hall–Kier alpha value is -2.12. The molecule has 0 aliphatic carbocycles. The predicted molar refractivity (Wildman–Crippen MR) is 79.1 cm³/mol. The van der Waals surface area contributed by atoms with E-state index in [9.17, 15) is 4.39 Å². The normalized spacial score (nSPS) is 10.3. The highest BCUT2D eigenvalue weighted by atomic mass is 19.1. The molecule has 0 unspecified atom stereocenters. The van der Waals surface area contributed by atoms with Crippen LogP contribution in [0.4, 0.5) is 10.2 Å². The van der Waals surface area contributed by atoms with Crippen molar-refractivity contribution in [2.24, 2.45) is 0 Å². The third-order valence-electron chi connectivity index (χ3n) is 3.11. The summed E-state index contributed by atoms with van der Waals surface area (Å²) in [6.45, 7) is 0.539. The lowest BCUT2D eigenvalue weighted by molar-refractivity contribution is 0.414. The van der Waals surface area contributed by atoms with Gasteiger partial charge in [-0.05, 0) is 23.8 Å². The van der Waals surface area contributed by atoms with E-state index in [2.05, 4.69) is 4.98 Å². The molecule has 0 saturated heterocycles. The molecule has 1 aromatic carbocycles. The quantitative estimate of drug-likeness (QED) is 0.622. The molecule has 0 bridgehead atoms. The Morgan fingerprint density at radius 1 is 1.19 bits per heavy atom. The van der Waals surface area contributed by atoms with Gasteiger partial charge in [0, 0.05) is 19.1 Å². The number of halogens is 1. The fourth-order valence-corrected chi connectivity index (χ4v) is 1.93. The van der Waals surface area contributed by atoms with Crippen molar-refractivity contribution in [2.75, 3.05) is 19.1 Å². The van der Waals surface area contributed by atoms with E-state index < -0.39 is 13.1 Å². The molecule has 1 heterocycles. The SMILES string of the molecule is COc1ccc(CN(C)c2ccc(B(O)O)c(F)n2)cc1. The second-order valence-electron chi connectivity index (χ2n) is 4.63. The molecule has 2 N–H and O–H groups in total. The first-order valence-electron chi connectivity index (χ1n) is 6.38. The zero-order chi connectivity index (χ0) is 15.4. The van der Waals surface area contributed by atoms with E-state index >= 15 is 0 Å². The number of pyridine rings is 1. The van der Waals surface area contributed by atoms with Gasteiger partial charge in [-0.1, -0.05) is 18.2 Å². The van der Waals surface area contributed by atoms with E-state index in [0.29, 0.717) is 12.4 Å². The molecule has 0 radical (unpaired) electrons. The number of ether oxygens (including phenoxy) is 1. The summed E-state index contributed by atoms with van der Waals surface area (Å²) in [7, 11) is 1.52. The zero-order valence-corrected chi connectivity index (χ0v) is 11.8. The fraction of sp³-hybridized carbons (Fsp3) is 0.214. The van der Waals surface area contributed by atoms with Crippen LogP contribution in [0.25, 0.3) is 0 Å². The summed E-state index contributed by atoms with van der Waals surface area (Å²) in [4.78, 5) is 5.50. The number of methoxy groups -OCH3 is 1. The van der Waals surface area contributed by atoms with E-state index in [-0.39, 0.29) is 5.46 Å². The molecular formula is C14H16BFN2O3. The molecule has 0 fully saturated rings. The summed E-state index contributed by atoms with van der Waals surface area (Å²) >= 11 is 0. The number of aromatic nitrogens is 1. The molecule has 0 aliphatic heterocycles. The molecule has 7 heteroatoms. The van der Waals surface area contributed by atoms with E-state index in [1.54, 1.807) is 25.1 Å². The van der Waals surface area contributed by atoms with Gasteiger partial charge in [0.2, 0.25) is 5.95 Å². The summed E-state index contributed by atoms with van der Waals surface area (Å²) < 4.78 is 18.7. The Kier molecular flexibility index (Phi) is 4.77. The van der Waals surface area contributed by atoms with Crippen LogP contribution in [0.15, 0.2) is 36.4 Å². The lowest BCUT2D eigenvalue weighted by atomic mass is 9.81. The number of hydrogen-bond acceptors (Lipinski definition) is 5. The monoisotopic (exact) mass is 290 g/mol. The minimum absolute atomic E-state index is 0.239. The van der Waals surface area contributed by atoms with E-state index in [1.165, 1.54) is 6.07 Å². The van der Waals surface area contributed by atoms with Gasteiger partial charge in [-0.15, -0.1) is 0 Å². The largest absolute Gasteiger partial charge is 0.497 e. The highest BCUT2D eigenvalue weighted by Gasteiger charge is 2.18. The van der Waals surface area contributed by atoms with Crippen molar-refractivity contribution < 1.29 is 19.2 Å². The number of hydrogen-bond donors (Lipinski definition) is 2. The lowest BCUT2D eigenvalue weighted by Crippen LogP contribution is -2.34. The van der Waals surface area contributed by atoms with Gasteiger partial charge in [0.05, 0.1) is 7.11 Å². The number of nitrogens with zero attached hydrogens (tertiary/aromatic N) is 2. The van der Waals surface area contributed by atoms with Crippen molar-refractivity contribution in [1.82, 2.24) is 4.98 Å². The maximum atomic E-state index is 13.6. The number of rotatable bonds is 5. The molecule has 0 spiro atoms. The number of benzene rings is 1. The molecule has 1 aromatic heterocycles. The molecule has 0 saturated carbocycles. The smallest absolute Gasteiger partial charge is 0.493 e. The van der Waals surface area contributed by atoms with Crippen LogP contribution in [0.2, 0.25) is 0 Å². The summed E-state index contributed by atoms with van der Waals surface area (Å²) in [6, 6.07) is 10.4. The van der Waals surface area contributed by atoms with Crippen LogP contribution >= 0.6 is 0 Å². The minimum atomic E-state index is -1.86. The highest BCUT2D eigenvalue weighted by molar-refractivity contribution is 6.58. The first-order valence-corrected chi connectivity index (χ1v) is 6.38. The molecule has 5 nitrogen and oxygen atoms in total. The summed E-state index contributed by atoms with van der Waals surface area (Å²) in [6.07, 6.45) is 0. The van der Waals surface area contributed by atoms with Gasteiger partial charge < -0.3 is 19.7 Å². The minimum Gasteiger partial charge on any atom is -0.497 e. The van der Waals surface area contributed by atoms with Crippen molar-refractivity contribution in [2.45, 2.75) is 6.54 Å². The average Bonchev–Trinajstić information content (AvgIpc) is 2.47. The van der Waals surface area contributed by atoms with Crippen LogP contribution in [-0.2, 0) is 6.54 Å². The molecule has 110 valence electrons. The zero-order valence-electron chi connectivity index (χ0n) is 11.8. The third-order valence-corrected chi connectivity index (χ3v) is 3.11. The Morgan fingerprint density at radius 3 is 2.38 bits per heavy atom. The summed E-state index contributed by atoms with van der Waals surface area (Å²) in [5, 5.41) is 17.9. The maximum Gasteiger partial charge on any atom is 0.493 e. The van der Waals surface area contributed by atoms with Crippen LogP contribution in [0, 0.1) is 5.95 Å². The highest BCUT2D eigenvalue weighted by Crippen LogP contribution is 2.15. The molecule has 2 rings (SSSR count). The Bertz CT molecular complexity index is 608. The van der Waals surface area contributed by atoms with Gasteiger partial charge in [0.25, 0.3) is 0 Å². The molecule has 21 heavy (non-hydrogen) atoms. The van der Waals surface area contributed by atoms with E-state index in [1.807, 2.05) is 24.3 Å². The van der Waals surface area contributed by atoms with Gasteiger partial charge in [0.15, 0.2) is 0 Å². The first-order chi connectivity index (χ1) is 10.0. The van der Waals surface area contributed by atoms with Crippen LogP contribution in [0.1, 0.15) is 5.56 Å². The van der Waals surface area contributed by atoms with Crippen molar-refractivity contribution in [1.29, 1.82) is 0 Å². The molecule has 0 aliphatic rings. The van der Waals surface area contributed by atoms with E-state index in [0.717, 1.165) is 11.3 Å². The fourth-order valence-electron chi connectivity index (χ4n) is 1.93. The molecule has 2 aromatic rings. The third kappa shape index (κ3) is 3.71. The van der Waals surface area contributed by atoms with Gasteiger partial charge in [-0.25, -0.2) is 4.98 Å². The average molecular weight is 290 g/mol. The van der Waals surface area contributed by atoms with Crippen molar-refractivity contribution in [3.63, 3.8) is 0 Å². The standard InChI is InChI=1S/C14H16BFN2O3/c1-18(9-10-3-5-11(21-2)6-4-10)13-8-7-12(15(19)20)14(16)17-13/h3-8,19-20H,9H2,1-2H3. The Morgan fingerprint density at radius 2 is 1.86 bits per heavy atom. The van der Waals surface area contributed by atoms with Gasteiger partial charge in [-0.3, -0.25) is 0 Å². The van der Waals surface area contributed by atoms with Crippen LogP contribution in [0.3, 0.4) is 0 Å². The molecular weight excluding hydrogens is 274 g/mol. The number of anilines is 1. The van der Waals surface area contributed by atoms with E-state index in [4.69, 9.17) is 14.8 Å². The van der Waals surface area contributed by atoms with Crippen LogP contribution in [-0.4, -0.2) is 36.3 Å². The van der Waals surface area contributed by atoms with Gasteiger partial charge in [0.1, 0.15) is 11.6 Å². The predicted octanol–water partition coefficient (Wildman–Crippen LogP) is 0.546. The second kappa shape index (κ2) is 6.56. The topological polar surface area (TPSA) is 65.8 Å². The van der Waals surface area contributed by atoms with Crippen molar-refractivity contribution >= 4 is 18.4 Å². The Balaban J connectivity index is 2.12. The van der Waals surface area contributed by atoms with Gasteiger partial charge >= 0.3 is 7.12 Å². The maximum absolute atomic E-state index is 13.6. The first kappa shape index (κ1) is 15.3. The van der Waals surface area contributed by atoms with Crippen LogP contribution in [0.5, 0.6) is 5.75 Å². The lowest BCUT2D eigenvalue weighted by Gasteiger charge is -2.19. The van der Waals surface area contributed by atoms with Crippen LogP contribution < -0.4 is 15.1 Å². The van der Waals surface area contributed by atoms with Gasteiger partial charge in [-0.2, -0.15) is 4.39 Å². The summed E-state index contributed by atoms with van der Waals surface area (Å²) in [5.74, 6) is 0.295. The second-order valence-corrected chi connectivity index (χ2v) is 4.63. The molecule has 0 atom stereocenters. The molecule has 0 amide bonds. The van der Waals surface area contributed by atoms with Crippen molar-refractivity contribution in [3.8, 4) is 5.75 Å². The van der Waals surface area contributed by atoms with Crippen molar-refractivity contribution in [3.05, 3.63) is 47.9 Å². The summed E-state index contributed by atoms with van der Waals surface area (Å²) in [5.41, 5.74) is 0.781. The Labute approximate surface area is 122 Å².